The van der Waals surface area contributed by atoms with Crippen molar-refractivity contribution >= 4 is 5.91 Å². The fourth-order valence-corrected chi connectivity index (χ4v) is 4.85. The zero-order valence-electron chi connectivity index (χ0n) is 19.3. The van der Waals surface area contributed by atoms with Crippen LogP contribution in [0.1, 0.15) is 69.2 Å². The standard InChI is InChI=1S/C26H36N2O4/c1-3-15-28(20-12-13-21-19(18-20)9-8-10-23(21)29)25(31)11-6-5-7-16-27-17-14-24(30)26(32)22(27)4-2/h8-10,14,17,20,29,32H,3-7,11-13,15-16,18H2,1-2H3. The van der Waals surface area contributed by atoms with Gasteiger partial charge in [0, 0.05) is 37.8 Å². The van der Waals surface area contributed by atoms with Crippen LogP contribution in [0.3, 0.4) is 0 Å². The summed E-state index contributed by atoms with van der Waals surface area (Å²) in [5.41, 5.74) is 2.53. The Balaban J connectivity index is 1.51. The van der Waals surface area contributed by atoms with E-state index in [9.17, 15) is 19.8 Å². The van der Waals surface area contributed by atoms with Gasteiger partial charge in [-0.15, -0.1) is 0 Å². The number of aromatic hydroxyl groups is 2. The molecule has 1 amide bonds. The van der Waals surface area contributed by atoms with Crippen molar-refractivity contribution in [2.45, 2.75) is 84.2 Å². The summed E-state index contributed by atoms with van der Waals surface area (Å²) in [6.07, 6.45) is 8.99. The van der Waals surface area contributed by atoms with Crippen LogP contribution in [0.25, 0.3) is 0 Å². The highest BCUT2D eigenvalue weighted by atomic mass is 16.3. The summed E-state index contributed by atoms with van der Waals surface area (Å²) < 4.78 is 1.94. The smallest absolute Gasteiger partial charge is 0.223 e. The number of aromatic nitrogens is 1. The summed E-state index contributed by atoms with van der Waals surface area (Å²) in [5.74, 6) is 0.440. The largest absolute Gasteiger partial charge is 0.508 e. The summed E-state index contributed by atoms with van der Waals surface area (Å²) in [7, 11) is 0. The lowest BCUT2D eigenvalue weighted by atomic mass is 9.86. The maximum Gasteiger partial charge on any atom is 0.223 e. The molecule has 6 nitrogen and oxygen atoms in total. The number of aryl methyl sites for hydroxylation is 1. The Kier molecular flexibility index (Phi) is 8.37. The molecule has 0 spiro atoms. The lowest BCUT2D eigenvalue weighted by Gasteiger charge is -2.35. The van der Waals surface area contributed by atoms with Gasteiger partial charge in [0.25, 0.3) is 0 Å². The maximum atomic E-state index is 13.0. The second-order valence-electron chi connectivity index (χ2n) is 8.73. The molecular weight excluding hydrogens is 404 g/mol. The number of phenolic OH excluding ortho intramolecular Hbond substituents is 1. The normalized spacial score (nSPS) is 15.4. The average molecular weight is 441 g/mol. The van der Waals surface area contributed by atoms with Crippen LogP contribution >= 0.6 is 0 Å². The zero-order chi connectivity index (χ0) is 23.1. The van der Waals surface area contributed by atoms with Crippen LogP contribution < -0.4 is 5.43 Å². The van der Waals surface area contributed by atoms with E-state index in [2.05, 4.69) is 17.9 Å². The molecule has 0 saturated carbocycles. The van der Waals surface area contributed by atoms with Gasteiger partial charge in [0.15, 0.2) is 5.75 Å². The second kappa shape index (κ2) is 11.2. The molecule has 0 bridgehead atoms. The quantitative estimate of drug-likeness (QED) is 0.543. The van der Waals surface area contributed by atoms with Crippen molar-refractivity contribution in [1.82, 2.24) is 9.47 Å². The molecule has 1 atom stereocenters. The number of pyridine rings is 1. The van der Waals surface area contributed by atoms with Gasteiger partial charge < -0.3 is 19.7 Å². The number of unbranched alkanes of at least 4 members (excludes halogenated alkanes) is 2. The van der Waals surface area contributed by atoms with E-state index in [0.717, 1.165) is 69.2 Å². The van der Waals surface area contributed by atoms with Gasteiger partial charge in [0.2, 0.25) is 11.3 Å². The van der Waals surface area contributed by atoms with Crippen molar-refractivity contribution < 1.29 is 15.0 Å². The first-order valence-corrected chi connectivity index (χ1v) is 12.0. The Bertz CT molecular complexity index is 982. The van der Waals surface area contributed by atoms with Gasteiger partial charge >= 0.3 is 0 Å². The van der Waals surface area contributed by atoms with Crippen molar-refractivity contribution in [3.8, 4) is 11.5 Å². The molecule has 2 aromatic rings. The summed E-state index contributed by atoms with van der Waals surface area (Å²) in [6, 6.07) is 7.30. The van der Waals surface area contributed by atoms with E-state index in [4.69, 9.17) is 0 Å². The first-order valence-electron chi connectivity index (χ1n) is 12.0. The van der Waals surface area contributed by atoms with Crippen LogP contribution in [0.4, 0.5) is 0 Å². The minimum absolute atomic E-state index is 0.150. The molecule has 6 heteroatoms. The van der Waals surface area contributed by atoms with Crippen LogP contribution in [0.15, 0.2) is 35.3 Å². The summed E-state index contributed by atoms with van der Waals surface area (Å²) in [5, 5.41) is 20.1. The molecular formula is C26H36N2O4. The topological polar surface area (TPSA) is 82.8 Å². The Morgan fingerprint density at radius 3 is 2.72 bits per heavy atom. The van der Waals surface area contributed by atoms with E-state index in [1.165, 1.54) is 6.07 Å². The number of hydrogen-bond donors (Lipinski definition) is 2. The first-order chi connectivity index (χ1) is 15.5. The Hall–Kier alpha value is -2.76. The molecule has 1 aromatic heterocycles. The number of fused-ring (bicyclic) bond motifs is 1. The van der Waals surface area contributed by atoms with Crippen molar-refractivity contribution in [2.75, 3.05) is 6.54 Å². The molecule has 1 aromatic carbocycles. The molecule has 174 valence electrons. The molecule has 3 rings (SSSR count). The van der Waals surface area contributed by atoms with Crippen LogP contribution in [-0.2, 0) is 30.6 Å². The number of nitrogens with zero attached hydrogens (tertiary/aromatic N) is 2. The number of amides is 1. The van der Waals surface area contributed by atoms with Gasteiger partial charge in [-0.2, -0.15) is 0 Å². The summed E-state index contributed by atoms with van der Waals surface area (Å²) in [6.45, 7) is 5.53. The van der Waals surface area contributed by atoms with Gasteiger partial charge in [-0.05, 0) is 62.1 Å². The molecule has 1 heterocycles. The molecule has 0 aliphatic heterocycles. The molecule has 1 aliphatic carbocycles. The van der Waals surface area contributed by atoms with Crippen molar-refractivity contribution in [1.29, 1.82) is 0 Å². The fraction of sp³-hybridized carbons (Fsp3) is 0.538. The number of carbonyl (C=O) groups excluding carboxylic acids is 1. The number of phenols is 1. The molecule has 0 radical (unpaired) electrons. The van der Waals surface area contributed by atoms with E-state index in [1.54, 1.807) is 12.3 Å². The summed E-state index contributed by atoms with van der Waals surface area (Å²) >= 11 is 0. The van der Waals surface area contributed by atoms with E-state index < -0.39 is 0 Å². The molecule has 0 saturated heterocycles. The van der Waals surface area contributed by atoms with Crippen molar-refractivity contribution in [3.05, 3.63) is 57.5 Å². The fourth-order valence-electron chi connectivity index (χ4n) is 4.85. The highest BCUT2D eigenvalue weighted by molar-refractivity contribution is 5.76. The highest BCUT2D eigenvalue weighted by Crippen LogP contribution is 2.31. The highest BCUT2D eigenvalue weighted by Gasteiger charge is 2.28. The predicted octanol–water partition coefficient (Wildman–Crippen LogP) is 4.18. The van der Waals surface area contributed by atoms with Crippen molar-refractivity contribution in [3.63, 3.8) is 0 Å². The van der Waals surface area contributed by atoms with Crippen molar-refractivity contribution in [2.24, 2.45) is 0 Å². The van der Waals surface area contributed by atoms with E-state index in [0.29, 0.717) is 24.3 Å². The van der Waals surface area contributed by atoms with Gasteiger partial charge in [0.1, 0.15) is 5.75 Å². The van der Waals surface area contributed by atoms with E-state index >= 15 is 0 Å². The molecule has 1 aliphatic rings. The average Bonchev–Trinajstić information content (AvgIpc) is 2.79. The van der Waals surface area contributed by atoms with Crippen LogP contribution in [0, 0.1) is 0 Å². The number of rotatable bonds is 10. The van der Waals surface area contributed by atoms with Gasteiger partial charge in [-0.25, -0.2) is 0 Å². The van der Waals surface area contributed by atoms with Gasteiger partial charge in [-0.1, -0.05) is 32.4 Å². The first kappa shape index (κ1) is 23.9. The van der Waals surface area contributed by atoms with Crippen LogP contribution in [-0.4, -0.2) is 38.2 Å². The second-order valence-corrected chi connectivity index (χ2v) is 8.73. The van der Waals surface area contributed by atoms with Crippen LogP contribution in [0.2, 0.25) is 0 Å². The SMILES string of the molecule is CCCN(C(=O)CCCCCn1ccc(=O)c(O)c1CC)C1CCc2c(O)cccc2C1. The molecule has 32 heavy (non-hydrogen) atoms. The Morgan fingerprint density at radius 2 is 1.97 bits per heavy atom. The Labute approximate surface area is 190 Å². The maximum absolute atomic E-state index is 13.0. The third kappa shape index (κ3) is 5.53. The lowest BCUT2D eigenvalue weighted by Crippen LogP contribution is -2.43. The third-order valence-corrected chi connectivity index (χ3v) is 6.54. The van der Waals surface area contributed by atoms with Crippen LogP contribution in [0.5, 0.6) is 11.5 Å². The predicted molar refractivity (Wildman–Crippen MR) is 126 cm³/mol. The molecule has 0 fully saturated rings. The minimum Gasteiger partial charge on any atom is -0.508 e. The zero-order valence-corrected chi connectivity index (χ0v) is 19.3. The third-order valence-electron chi connectivity index (χ3n) is 6.54. The van der Waals surface area contributed by atoms with Gasteiger partial charge in [0.05, 0.1) is 5.69 Å². The lowest BCUT2D eigenvalue weighted by molar-refractivity contribution is -0.134. The number of hydrogen-bond acceptors (Lipinski definition) is 4. The minimum atomic E-state index is -0.333. The molecule has 1 unspecified atom stereocenters. The Morgan fingerprint density at radius 1 is 1.16 bits per heavy atom. The molecule has 2 N–H and O–H groups in total. The monoisotopic (exact) mass is 440 g/mol. The van der Waals surface area contributed by atoms with Gasteiger partial charge in [-0.3, -0.25) is 9.59 Å². The van der Waals surface area contributed by atoms with E-state index in [-0.39, 0.29) is 23.1 Å². The number of carbonyl (C=O) groups is 1. The van der Waals surface area contributed by atoms with E-state index in [1.807, 2.05) is 17.6 Å². The number of benzene rings is 1. The summed E-state index contributed by atoms with van der Waals surface area (Å²) in [4.78, 5) is 26.7.